The number of piperidine rings is 1. The Bertz CT molecular complexity index is 521. The molecule has 1 heterocycles. The van der Waals surface area contributed by atoms with Gasteiger partial charge in [0, 0.05) is 12.1 Å². The number of hydrogen-bond acceptors (Lipinski definition) is 3. The van der Waals surface area contributed by atoms with E-state index in [1.54, 1.807) is 7.11 Å². The summed E-state index contributed by atoms with van der Waals surface area (Å²) in [6.45, 7) is 4.31. The highest BCUT2D eigenvalue weighted by atomic mass is 16.5. The lowest BCUT2D eigenvalue weighted by Crippen LogP contribution is -2.32. The second kappa shape index (κ2) is 9.12. The van der Waals surface area contributed by atoms with E-state index < -0.39 is 0 Å². The Hall–Kier alpha value is -1.48. The van der Waals surface area contributed by atoms with Gasteiger partial charge in [0.25, 0.3) is 0 Å². The molecule has 3 rings (SSSR count). The van der Waals surface area contributed by atoms with Gasteiger partial charge in [-0.2, -0.15) is 0 Å². The highest BCUT2D eigenvalue weighted by molar-refractivity contribution is 5.64. The molecule has 0 unspecified atom stereocenters. The molecule has 3 heteroatoms. The Labute approximate surface area is 146 Å². The van der Waals surface area contributed by atoms with Crippen molar-refractivity contribution in [1.29, 1.82) is 0 Å². The molecule has 0 aromatic heterocycles. The van der Waals surface area contributed by atoms with Gasteiger partial charge in [0.05, 0.1) is 7.11 Å². The maximum absolute atomic E-state index is 6.34. The van der Waals surface area contributed by atoms with Crippen LogP contribution in [0.4, 0.5) is 0 Å². The van der Waals surface area contributed by atoms with E-state index in [-0.39, 0.29) is 0 Å². The van der Waals surface area contributed by atoms with E-state index in [1.165, 1.54) is 75.6 Å². The molecule has 1 saturated carbocycles. The maximum atomic E-state index is 6.34. The standard InChI is InChI=1S/C21H31NO2/c1-23-20-12-10-19(11-13-20)21(18-8-4-2-5-9-18)24-17-16-22-14-6-3-7-15-22/h10-13H,2-9,14-17H2,1H3. The average Bonchev–Trinajstić information content (AvgIpc) is 2.67. The summed E-state index contributed by atoms with van der Waals surface area (Å²) in [6.07, 6.45) is 10.4. The van der Waals surface area contributed by atoms with E-state index in [0.717, 1.165) is 24.7 Å². The fourth-order valence-corrected chi connectivity index (χ4v) is 3.80. The normalized spacial score (nSPS) is 19.1. The molecule has 0 amide bonds. The maximum Gasteiger partial charge on any atom is 0.125 e. The topological polar surface area (TPSA) is 21.7 Å². The molecule has 2 fully saturated rings. The zero-order chi connectivity index (χ0) is 16.6. The van der Waals surface area contributed by atoms with Gasteiger partial charge in [0.15, 0.2) is 0 Å². The lowest BCUT2D eigenvalue weighted by Gasteiger charge is -2.27. The predicted octanol–water partition coefficient (Wildman–Crippen LogP) is 4.87. The van der Waals surface area contributed by atoms with Gasteiger partial charge in [-0.3, -0.25) is 4.90 Å². The van der Waals surface area contributed by atoms with Crippen LogP contribution in [0, 0.1) is 0 Å². The minimum atomic E-state index is 0.796. The molecular formula is C21H31NO2. The molecule has 3 nitrogen and oxygen atoms in total. The van der Waals surface area contributed by atoms with Gasteiger partial charge >= 0.3 is 0 Å². The van der Waals surface area contributed by atoms with Crippen LogP contribution in [0.1, 0.15) is 56.9 Å². The third kappa shape index (κ3) is 4.76. The van der Waals surface area contributed by atoms with Crippen molar-refractivity contribution in [2.75, 3.05) is 33.4 Å². The Morgan fingerprint density at radius 1 is 0.917 bits per heavy atom. The van der Waals surface area contributed by atoms with Crippen LogP contribution >= 0.6 is 0 Å². The SMILES string of the molecule is COc1ccc(C(OCCN2CCCCC2)=C2CCCCC2)cc1. The van der Waals surface area contributed by atoms with E-state index in [9.17, 15) is 0 Å². The summed E-state index contributed by atoms with van der Waals surface area (Å²) < 4.78 is 11.6. The number of methoxy groups -OCH3 is 1. The number of ether oxygens (including phenoxy) is 2. The molecule has 0 bridgehead atoms. The molecule has 0 radical (unpaired) electrons. The minimum absolute atomic E-state index is 0.796. The quantitative estimate of drug-likeness (QED) is 0.695. The Morgan fingerprint density at radius 3 is 2.25 bits per heavy atom. The number of benzene rings is 1. The van der Waals surface area contributed by atoms with Crippen molar-refractivity contribution in [3.8, 4) is 5.75 Å². The summed E-state index contributed by atoms with van der Waals surface area (Å²) in [5.41, 5.74) is 2.71. The first-order valence-electron chi connectivity index (χ1n) is 9.58. The molecule has 1 saturated heterocycles. The zero-order valence-electron chi connectivity index (χ0n) is 15.1. The molecule has 24 heavy (non-hydrogen) atoms. The van der Waals surface area contributed by atoms with Crippen molar-refractivity contribution in [1.82, 2.24) is 4.90 Å². The number of rotatable bonds is 6. The summed E-state index contributed by atoms with van der Waals surface area (Å²) in [6, 6.07) is 8.34. The molecule has 1 aliphatic heterocycles. The number of hydrogen-bond donors (Lipinski definition) is 0. The summed E-state index contributed by atoms with van der Waals surface area (Å²) in [5, 5.41) is 0. The minimum Gasteiger partial charge on any atom is -0.497 e. The first-order chi connectivity index (χ1) is 11.9. The monoisotopic (exact) mass is 329 g/mol. The second-order valence-electron chi connectivity index (χ2n) is 6.97. The molecular weight excluding hydrogens is 298 g/mol. The van der Waals surface area contributed by atoms with Crippen LogP contribution in [-0.2, 0) is 4.74 Å². The first-order valence-corrected chi connectivity index (χ1v) is 9.58. The van der Waals surface area contributed by atoms with Crippen LogP contribution in [0.25, 0.3) is 5.76 Å². The predicted molar refractivity (Wildman–Crippen MR) is 99.2 cm³/mol. The molecule has 1 aromatic rings. The molecule has 0 atom stereocenters. The van der Waals surface area contributed by atoms with Crippen molar-refractivity contribution in [3.63, 3.8) is 0 Å². The van der Waals surface area contributed by atoms with Crippen molar-refractivity contribution in [2.45, 2.75) is 51.4 Å². The zero-order valence-corrected chi connectivity index (χ0v) is 15.1. The van der Waals surface area contributed by atoms with E-state index in [4.69, 9.17) is 9.47 Å². The summed E-state index contributed by atoms with van der Waals surface area (Å²) in [4.78, 5) is 2.54. The van der Waals surface area contributed by atoms with Crippen molar-refractivity contribution >= 4 is 5.76 Å². The van der Waals surface area contributed by atoms with Crippen molar-refractivity contribution < 1.29 is 9.47 Å². The fourth-order valence-electron chi connectivity index (χ4n) is 3.80. The summed E-state index contributed by atoms with van der Waals surface area (Å²) in [7, 11) is 1.71. The van der Waals surface area contributed by atoms with Gasteiger partial charge in [-0.15, -0.1) is 0 Å². The molecule has 0 N–H and O–H groups in total. The second-order valence-corrected chi connectivity index (χ2v) is 6.97. The number of allylic oxidation sites excluding steroid dienone is 1. The third-order valence-corrected chi connectivity index (χ3v) is 5.23. The first kappa shape index (κ1) is 17.3. The van der Waals surface area contributed by atoms with E-state index in [2.05, 4.69) is 17.0 Å². The van der Waals surface area contributed by atoms with E-state index >= 15 is 0 Å². The van der Waals surface area contributed by atoms with E-state index in [0.29, 0.717) is 0 Å². The van der Waals surface area contributed by atoms with Crippen LogP contribution in [0.3, 0.4) is 0 Å². The van der Waals surface area contributed by atoms with Gasteiger partial charge in [0.2, 0.25) is 0 Å². The Kier molecular flexibility index (Phi) is 6.59. The largest absolute Gasteiger partial charge is 0.497 e. The van der Waals surface area contributed by atoms with Crippen molar-refractivity contribution in [3.05, 3.63) is 35.4 Å². The van der Waals surface area contributed by atoms with Crippen LogP contribution in [0.5, 0.6) is 5.75 Å². The van der Waals surface area contributed by atoms with Crippen LogP contribution in [0.15, 0.2) is 29.8 Å². The van der Waals surface area contributed by atoms with Crippen LogP contribution in [0.2, 0.25) is 0 Å². The molecule has 0 spiro atoms. The average molecular weight is 329 g/mol. The molecule has 1 aliphatic carbocycles. The van der Waals surface area contributed by atoms with Gasteiger partial charge in [-0.05, 0) is 81.5 Å². The highest BCUT2D eigenvalue weighted by Crippen LogP contribution is 2.32. The van der Waals surface area contributed by atoms with Gasteiger partial charge in [-0.25, -0.2) is 0 Å². The third-order valence-electron chi connectivity index (χ3n) is 5.23. The Morgan fingerprint density at radius 2 is 1.58 bits per heavy atom. The van der Waals surface area contributed by atoms with Crippen LogP contribution < -0.4 is 4.74 Å². The molecule has 132 valence electrons. The molecule has 2 aliphatic rings. The molecule has 1 aromatic carbocycles. The van der Waals surface area contributed by atoms with Crippen molar-refractivity contribution in [2.24, 2.45) is 0 Å². The summed E-state index contributed by atoms with van der Waals surface area (Å²) >= 11 is 0. The number of likely N-dealkylation sites (tertiary alicyclic amines) is 1. The summed E-state index contributed by atoms with van der Waals surface area (Å²) in [5.74, 6) is 2.04. The smallest absolute Gasteiger partial charge is 0.125 e. The van der Waals surface area contributed by atoms with E-state index in [1.807, 2.05) is 12.1 Å². The van der Waals surface area contributed by atoms with Crippen LogP contribution in [-0.4, -0.2) is 38.3 Å². The van der Waals surface area contributed by atoms with Gasteiger partial charge in [-0.1, -0.05) is 12.8 Å². The highest BCUT2D eigenvalue weighted by Gasteiger charge is 2.16. The van der Waals surface area contributed by atoms with Gasteiger partial charge < -0.3 is 9.47 Å². The fraction of sp³-hybridized carbons (Fsp3) is 0.619. The van der Waals surface area contributed by atoms with Gasteiger partial charge in [0.1, 0.15) is 18.1 Å². The number of nitrogens with zero attached hydrogens (tertiary/aromatic N) is 1. The lowest BCUT2D eigenvalue weighted by atomic mass is 9.92. The lowest BCUT2D eigenvalue weighted by molar-refractivity contribution is 0.168. The Balaban J connectivity index is 1.67.